The molecule has 1 aromatic carbocycles. The lowest BCUT2D eigenvalue weighted by molar-refractivity contribution is -0.118. The van der Waals surface area contributed by atoms with Gasteiger partial charge in [-0.2, -0.15) is 4.31 Å². The van der Waals surface area contributed by atoms with Crippen LogP contribution in [0.3, 0.4) is 0 Å². The number of nitrogens with zero attached hydrogens (tertiary/aromatic N) is 4. The van der Waals surface area contributed by atoms with E-state index in [1.165, 1.54) is 16.4 Å². The Labute approximate surface area is 175 Å². The van der Waals surface area contributed by atoms with Crippen molar-refractivity contribution >= 4 is 33.3 Å². The molecule has 7 nitrogen and oxygen atoms in total. The molecule has 3 heterocycles. The number of aryl methyl sites for hydroxylation is 1. The summed E-state index contributed by atoms with van der Waals surface area (Å²) < 4.78 is 27.6. The minimum Gasteiger partial charge on any atom is -0.300 e. The maximum absolute atomic E-state index is 13.1. The number of anilines is 1. The Hall–Kier alpha value is -2.03. The second kappa shape index (κ2) is 7.66. The highest BCUT2D eigenvalue weighted by Crippen LogP contribution is 2.33. The van der Waals surface area contributed by atoms with Crippen LogP contribution in [0.2, 0.25) is 5.02 Å². The number of carbonyl (C=O) groups excluding carboxylic acids is 1. The molecule has 2 aliphatic heterocycles. The molecule has 2 aromatic rings. The number of fused-ring (bicyclic) bond motifs is 1. The number of rotatable bonds is 3. The van der Waals surface area contributed by atoms with Crippen LogP contribution in [0.1, 0.15) is 42.3 Å². The van der Waals surface area contributed by atoms with Crippen LogP contribution < -0.4 is 4.90 Å². The van der Waals surface area contributed by atoms with Gasteiger partial charge in [0.2, 0.25) is 15.9 Å². The number of carbonyl (C=O) groups is 1. The molecule has 1 fully saturated rings. The van der Waals surface area contributed by atoms with Gasteiger partial charge in [0.25, 0.3) is 0 Å². The monoisotopic (exact) mass is 434 g/mol. The first-order valence-electron chi connectivity index (χ1n) is 9.67. The van der Waals surface area contributed by atoms with E-state index >= 15 is 0 Å². The minimum atomic E-state index is -3.61. The summed E-state index contributed by atoms with van der Waals surface area (Å²) in [6.45, 7) is 2.71. The Kier molecular flexibility index (Phi) is 5.35. The van der Waals surface area contributed by atoms with E-state index in [-0.39, 0.29) is 16.7 Å². The minimum absolute atomic E-state index is 0.0390. The molecule has 2 aliphatic rings. The molecule has 154 valence electrons. The number of aromatic nitrogens is 2. The molecular formula is C20H23ClN4O3S. The number of hydrogen-bond donors (Lipinski definition) is 0. The van der Waals surface area contributed by atoms with Crippen LogP contribution in [0, 0.1) is 6.92 Å². The molecule has 0 N–H and O–H groups in total. The number of halogens is 1. The summed E-state index contributed by atoms with van der Waals surface area (Å²) in [5.74, 6) is 1.19. The number of amides is 1. The van der Waals surface area contributed by atoms with Crippen LogP contribution in [0.4, 0.5) is 5.82 Å². The maximum atomic E-state index is 13.1. The molecule has 29 heavy (non-hydrogen) atoms. The molecule has 0 radical (unpaired) electrons. The van der Waals surface area contributed by atoms with E-state index in [9.17, 15) is 13.2 Å². The molecule has 0 saturated carbocycles. The third kappa shape index (κ3) is 3.76. The third-order valence-corrected chi connectivity index (χ3v) is 7.82. The van der Waals surface area contributed by atoms with Crippen molar-refractivity contribution in [1.29, 1.82) is 0 Å². The summed E-state index contributed by atoms with van der Waals surface area (Å²) in [6, 6.07) is 6.22. The van der Waals surface area contributed by atoms with Gasteiger partial charge in [-0.15, -0.1) is 0 Å². The van der Waals surface area contributed by atoms with E-state index in [0.717, 1.165) is 24.1 Å². The van der Waals surface area contributed by atoms with Crippen LogP contribution in [0.15, 0.2) is 29.2 Å². The van der Waals surface area contributed by atoms with Crippen molar-refractivity contribution in [2.45, 2.75) is 43.4 Å². The summed E-state index contributed by atoms with van der Waals surface area (Å²) in [5, 5.41) is 0.497. The van der Waals surface area contributed by atoms with Crippen molar-refractivity contribution < 1.29 is 13.2 Å². The fourth-order valence-corrected chi connectivity index (χ4v) is 5.65. The van der Waals surface area contributed by atoms with E-state index in [1.807, 2.05) is 6.92 Å². The van der Waals surface area contributed by atoms with Crippen molar-refractivity contribution in [2.75, 3.05) is 25.0 Å². The van der Waals surface area contributed by atoms with Crippen LogP contribution in [-0.2, 0) is 21.2 Å². The average Bonchev–Trinajstić information content (AvgIpc) is 2.71. The Morgan fingerprint density at radius 2 is 1.86 bits per heavy atom. The van der Waals surface area contributed by atoms with E-state index in [2.05, 4.69) is 9.97 Å². The van der Waals surface area contributed by atoms with E-state index in [1.54, 1.807) is 24.1 Å². The van der Waals surface area contributed by atoms with E-state index < -0.39 is 10.0 Å². The van der Waals surface area contributed by atoms with Gasteiger partial charge in [0.15, 0.2) is 0 Å². The van der Waals surface area contributed by atoms with Crippen molar-refractivity contribution in [1.82, 2.24) is 14.3 Å². The van der Waals surface area contributed by atoms with Crippen LogP contribution >= 0.6 is 11.6 Å². The molecule has 1 amide bonds. The van der Waals surface area contributed by atoms with Gasteiger partial charge >= 0.3 is 0 Å². The molecule has 0 bridgehead atoms. The first kappa shape index (κ1) is 20.3. The molecule has 0 spiro atoms. The number of sulfonamides is 1. The van der Waals surface area contributed by atoms with Crippen molar-refractivity contribution in [3.63, 3.8) is 0 Å². The number of piperidine rings is 1. The number of benzene rings is 1. The Morgan fingerprint density at radius 3 is 2.59 bits per heavy atom. The predicted molar refractivity (Wildman–Crippen MR) is 111 cm³/mol. The molecule has 0 aliphatic carbocycles. The molecule has 1 aromatic heterocycles. The zero-order chi connectivity index (χ0) is 20.8. The van der Waals surface area contributed by atoms with Crippen LogP contribution in [0.5, 0.6) is 0 Å². The highest BCUT2D eigenvalue weighted by molar-refractivity contribution is 7.89. The first-order valence-corrected chi connectivity index (χ1v) is 11.5. The van der Waals surface area contributed by atoms with Gasteiger partial charge in [-0.1, -0.05) is 11.6 Å². The van der Waals surface area contributed by atoms with Gasteiger partial charge in [0, 0.05) is 48.8 Å². The summed E-state index contributed by atoms with van der Waals surface area (Å²) in [5.41, 5.74) is 1.86. The van der Waals surface area contributed by atoms with Crippen molar-refractivity contribution in [3.05, 3.63) is 46.4 Å². The fourth-order valence-electron chi connectivity index (χ4n) is 4.00. The SMILES string of the molecule is Cc1nc([C@H]2CCCN(S(=O)(=O)c3ccc(Cl)cc3)C2)nc2c1CCC(=O)N2C. The summed E-state index contributed by atoms with van der Waals surface area (Å²) in [6.07, 6.45) is 2.64. The van der Waals surface area contributed by atoms with Gasteiger partial charge in [-0.05, 0) is 50.5 Å². The van der Waals surface area contributed by atoms with Crippen LogP contribution in [0.25, 0.3) is 0 Å². The lowest BCUT2D eigenvalue weighted by Crippen LogP contribution is -2.40. The number of hydrogen-bond acceptors (Lipinski definition) is 5. The van der Waals surface area contributed by atoms with E-state index in [4.69, 9.17) is 11.6 Å². The second-order valence-corrected chi connectivity index (χ2v) is 9.95. The highest BCUT2D eigenvalue weighted by Gasteiger charge is 2.33. The summed E-state index contributed by atoms with van der Waals surface area (Å²) in [7, 11) is -1.88. The Morgan fingerprint density at radius 1 is 1.14 bits per heavy atom. The van der Waals surface area contributed by atoms with Gasteiger partial charge in [-0.3, -0.25) is 9.69 Å². The predicted octanol–water partition coefficient (Wildman–Crippen LogP) is 2.92. The molecule has 4 rings (SSSR count). The molecular weight excluding hydrogens is 412 g/mol. The maximum Gasteiger partial charge on any atom is 0.243 e. The van der Waals surface area contributed by atoms with E-state index in [0.29, 0.717) is 42.6 Å². The quantitative estimate of drug-likeness (QED) is 0.741. The van der Waals surface area contributed by atoms with Gasteiger partial charge < -0.3 is 0 Å². The van der Waals surface area contributed by atoms with Gasteiger partial charge in [-0.25, -0.2) is 18.4 Å². The fraction of sp³-hybridized carbons (Fsp3) is 0.450. The lowest BCUT2D eigenvalue weighted by atomic mass is 9.97. The second-order valence-electron chi connectivity index (χ2n) is 7.58. The van der Waals surface area contributed by atoms with Gasteiger partial charge in [0.05, 0.1) is 4.90 Å². The molecule has 9 heteroatoms. The molecule has 1 atom stereocenters. The zero-order valence-corrected chi connectivity index (χ0v) is 18.0. The van der Waals surface area contributed by atoms with Crippen LogP contribution in [-0.4, -0.2) is 48.7 Å². The summed E-state index contributed by atoms with van der Waals surface area (Å²) >= 11 is 5.89. The highest BCUT2D eigenvalue weighted by atomic mass is 35.5. The third-order valence-electron chi connectivity index (χ3n) is 5.69. The topological polar surface area (TPSA) is 83.5 Å². The average molecular weight is 435 g/mol. The summed E-state index contributed by atoms with van der Waals surface area (Å²) in [4.78, 5) is 23.3. The smallest absolute Gasteiger partial charge is 0.243 e. The Balaban J connectivity index is 1.63. The first-order chi connectivity index (χ1) is 13.8. The zero-order valence-electron chi connectivity index (χ0n) is 16.4. The molecule has 0 unspecified atom stereocenters. The van der Waals surface area contributed by atoms with Gasteiger partial charge in [0.1, 0.15) is 11.6 Å². The largest absolute Gasteiger partial charge is 0.300 e. The van der Waals surface area contributed by atoms with Crippen molar-refractivity contribution in [2.24, 2.45) is 0 Å². The van der Waals surface area contributed by atoms with Crippen molar-refractivity contribution in [3.8, 4) is 0 Å². The standard InChI is InChI=1S/C20H23ClN4O3S/c1-13-17-9-10-18(26)24(2)20(17)23-19(22-13)14-4-3-11-25(12-14)29(27,28)16-7-5-15(21)6-8-16/h5-8,14H,3-4,9-12H2,1-2H3/t14-/m0/s1. The Bertz CT molecular complexity index is 1060. The lowest BCUT2D eigenvalue weighted by Gasteiger charge is -2.32. The normalized spacial score (nSPS) is 20.6. The molecule has 1 saturated heterocycles.